The SMILES string of the molecule is Cc1nn(Cc2ccc(C(=O)Nc3sc4c(c3C(N)=O)CC[C@@H](C(C)(C)C)C4)o2)c(C)c1[N+](=O)[O-]. The van der Waals surface area contributed by atoms with Crippen LogP contribution in [0.3, 0.4) is 0 Å². The highest BCUT2D eigenvalue weighted by Gasteiger charge is 2.34. The van der Waals surface area contributed by atoms with Gasteiger partial charge in [0.05, 0.1) is 17.0 Å². The number of nitrogens with zero attached hydrogens (tertiary/aromatic N) is 3. The molecule has 0 bridgehead atoms. The maximum absolute atomic E-state index is 12.9. The molecule has 0 saturated carbocycles. The molecular formula is C24H29N5O5S. The van der Waals surface area contributed by atoms with Gasteiger partial charge in [-0.2, -0.15) is 5.10 Å². The van der Waals surface area contributed by atoms with Gasteiger partial charge in [0, 0.05) is 4.88 Å². The lowest BCUT2D eigenvalue weighted by molar-refractivity contribution is -0.386. The van der Waals surface area contributed by atoms with Crippen molar-refractivity contribution in [3.63, 3.8) is 0 Å². The first-order valence-electron chi connectivity index (χ1n) is 11.4. The number of amides is 2. The third kappa shape index (κ3) is 4.72. The number of nitrogens with one attached hydrogen (secondary N) is 1. The number of nitro groups is 1. The molecule has 3 aromatic heterocycles. The maximum Gasteiger partial charge on any atom is 0.312 e. The molecule has 0 unspecified atom stereocenters. The average Bonchev–Trinajstić information content (AvgIpc) is 3.42. The Balaban J connectivity index is 1.54. The molecule has 0 aromatic carbocycles. The summed E-state index contributed by atoms with van der Waals surface area (Å²) in [5, 5.41) is 18.7. The molecule has 4 rings (SSSR count). The van der Waals surface area contributed by atoms with Crippen LogP contribution in [0.15, 0.2) is 16.5 Å². The molecule has 3 N–H and O–H groups in total. The fraction of sp³-hybridized carbons (Fsp3) is 0.458. The molecule has 11 heteroatoms. The van der Waals surface area contributed by atoms with E-state index in [-0.39, 0.29) is 23.4 Å². The van der Waals surface area contributed by atoms with E-state index < -0.39 is 16.7 Å². The first-order chi connectivity index (χ1) is 16.4. The van der Waals surface area contributed by atoms with Crippen LogP contribution in [0.4, 0.5) is 10.7 Å². The lowest BCUT2D eigenvalue weighted by Crippen LogP contribution is -2.27. The van der Waals surface area contributed by atoms with Crippen molar-refractivity contribution in [2.45, 2.75) is 60.4 Å². The summed E-state index contributed by atoms with van der Waals surface area (Å²) in [5.74, 6) is -0.0900. The Bertz CT molecular complexity index is 1330. The Morgan fingerprint density at radius 1 is 1.34 bits per heavy atom. The van der Waals surface area contributed by atoms with Gasteiger partial charge in [-0.3, -0.25) is 24.4 Å². The zero-order valence-electron chi connectivity index (χ0n) is 20.4. The third-order valence-electron chi connectivity index (χ3n) is 6.68. The van der Waals surface area contributed by atoms with E-state index in [0.717, 1.165) is 29.7 Å². The van der Waals surface area contributed by atoms with Crippen molar-refractivity contribution in [3.05, 3.63) is 61.2 Å². The van der Waals surface area contributed by atoms with Crippen LogP contribution in [0.25, 0.3) is 0 Å². The van der Waals surface area contributed by atoms with Crippen molar-refractivity contribution in [3.8, 4) is 0 Å². The molecule has 0 spiro atoms. The van der Waals surface area contributed by atoms with Gasteiger partial charge in [-0.05, 0) is 62.1 Å². The number of aromatic nitrogens is 2. The van der Waals surface area contributed by atoms with Crippen LogP contribution in [-0.4, -0.2) is 26.5 Å². The summed E-state index contributed by atoms with van der Waals surface area (Å²) in [4.78, 5) is 37.1. The van der Waals surface area contributed by atoms with E-state index in [2.05, 4.69) is 31.2 Å². The minimum Gasteiger partial charge on any atom is -0.454 e. The summed E-state index contributed by atoms with van der Waals surface area (Å²) in [6, 6.07) is 3.15. The zero-order valence-corrected chi connectivity index (χ0v) is 21.2. The van der Waals surface area contributed by atoms with Crippen molar-refractivity contribution in [1.29, 1.82) is 0 Å². The fourth-order valence-electron chi connectivity index (χ4n) is 4.68. The van der Waals surface area contributed by atoms with Gasteiger partial charge in [-0.15, -0.1) is 11.3 Å². The van der Waals surface area contributed by atoms with Crippen molar-refractivity contribution in [2.75, 3.05) is 5.32 Å². The molecule has 3 aromatic rings. The first kappa shape index (κ1) is 24.6. The summed E-state index contributed by atoms with van der Waals surface area (Å²) in [5.41, 5.74) is 7.83. The molecule has 1 aliphatic rings. The van der Waals surface area contributed by atoms with Gasteiger partial charge in [0.1, 0.15) is 22.1 Å². The predicted octanol–water partition coefficient (Wildman–Crippen LogP) is 4.61. The minimum absolute atomic E-state index is 0.0381. The summed E-state index contributed by atoms with van der Waals surface area (Å²) >= 11 is 1.40. The maximum atomic E-state index is 12.9. The highest BCUT2D eigenvalue weighted by Crippen LogP contribution is 2.44. The molecule has 35 heavy (non-hydrogen) atoms. The second-order valence-corrected chi connectivity index (χ2v) is 11.1. The number of hydrogen-bond donors (Lipinski definition) is 2. The molecule has 10 nitrogen and oxygen atoms in total. The van der Waals surface area contributed by atoms with Crippen LogP contribution in [0.5, 0.6) is 0 Å². The van der Waals surface area contributed by atoms with Gasteiger partial charge in [0.15, 0.2) is 5.76 Å². The summed E-state index contributed by atoms with van der Waals surface area (Å²) in [6.45, 7) is 9.97. The molecule has 2 amide bonds. The topological polar surface area (TPSA) is 146 Å². The highest BCUT2D eigenvalue weighted by molar-refractivity contribution is 7.17. The zero-order chi connectivity index (χ0) is 25.7. The van der Waals surface area contributed by atoms with Crippen molar-refractivity contribution < 1.29 is 18.9 Å². The van der Waals surface area contributed by atoms with Crippen LogP contribution in [0.1, 0.15) is 75.7 Å². The van der Waals surface area contributed by atoms with Crippen molar-refractivity contribution in [1.82, 2.24) is 9.78 Å². The molecule has 1 atom stereocenters. The van der Waals surface area contributed by atoms with Crippen molar-refractivity contribution >= 4 is 33.8 Å². The first-order valence-corrected chi connectivity index (χ1v) is 12.2. The van der Waals surface area contributed by atoms with Crippen molar-refractivity contribution in [2.24, 2.45) is 17.1 Å². The Hall–Kier alpha value is -3.47. The van der Waals surface area contributed by atoms with Crippen LogP contribution in [0.2, 0.25) is 0 Å². The van der Waals surface area contributed by atoms with Crippen LogP contribution >= 0.6 is 11.3 Å². The number of furan rings is 1. The number of thiophene rings is 1. The number of rotatable bonds is 6. The smallest absolute Gasteiger partial charge is 0.312 e. The Kier molecular flexibility index (Phi) is 6.31. The van der Waals surface area contributed by atoms with Gasteiger partial charge in [0.25, 0.3) is 11.8 Å². The van der Waals surface area contributed by atoms with E-state index in [1.807, 2.05) is 0 Å². The summed E-state index contributed by atoms with van der Waals surface area (Å²) in [7, 11) is 0. The fourth-order valence-corrected chi connectivity index (χ4v) is 6.00. The number of aryl methyl sites for hydroxylation is 1. The molecule has 186 valence electrons. The Morgan fingerprint density at radius 2 is 2.06 bits per heavy atom. The predicted molar refractivity (Wildman–Crippen MR) is 132 cm³/mol. The quantitative estimate of drug-likeness (QED) is 0.374. The Morgan fingerprint density at radius 3 is 2.66 bits per heavy atom. The van der Waals surface area contributed by atoms with Gasteiger partial charge >= 0.3 is 5.69 Å². The normalized spacial score (nSPS) is 15.6. The summed E-state index contributed by atoms with van der Waals surface area (Å²) < 4.78 is 7.17. The molecule has 0 radical (unpaired) electrons. The van der Waals surface area contributed by atoms with Crippen LogP contribution in [0, 0.1) is 35.3 Å². The van der Waals surface area contributed by atoms with Gasteiger partial charge < -0.3 is 15.5 Å². The molecular weight excluding hydrogens is 470 g/mol. The second kappa shape index (κ2) is 8.95. The monoisotopic (exact) mass is 499 g/mol. The van der Waals surface area contributed by atoms with Gasteiger partial charge in [0.2, 0.25) is 0 Å². The number of nitrogens with two attached hydrogens (primary N) is 1. The van der Waals surface area contributed by atoms with Crippen LogP contribution < -0.4 is 11.1 Å². The van der Waals surface area contributed by atoms with Gasteiger partial charge in [-0.1, -0.05) is 20.8 Å². The molecule has 0 aliphatic heterocycles. The number of hydrogen-bond acceptors (Lipinski definition) is 7. The summed E-state index contributed by atoms with van der Waals surface area (Å²) in [6.07, 6.45) is 2.56. The molecule has 0 fully saturated rings. The van der Waals surface area contributed by atoms with E-state index in [9.17, 15) is 19.7 Å². The molecule has 1 aliphatic carbocycles. The number of carbonyl (C=O) groups excluding carboxylic acids is 2. The van der Waals surface area contributed by atoms with Gasteiger partial charge in [-0.25, -0.2) is 0 Å². The van der Waals surface area contributed by atoms with E-state index in [1.54, 1.807) is 19.9 Å². The molecule has 3 heterocycles. The largest absolute Gasteiger partial charge is 0.454 e. The van der Waals surface area contributed by atoms with E-state index in [4.69, 9.17) is 10.2 Å². The standard InChI is InChI=1S/C24H29N5O5S/c1-12-20(29(32)33)13(2)28(27-12)11-15-7-9-17(34-15)22(31)26-23-19(21(25)30)16-8-6-14(24(3,4)5)10-18(16)35-23/h7,9,14H,6,8,10-11H2,1-5H3,(H2,25,30)(H,26,31)/t14-/m1/s1. The second-order valence-electron chi connectivity index (χ2n) is 10.0. The molecule has 0 saturated heterocycles. The number of anilines is 1. The van der Waals surface area contributed by atoms with E-state index in [0.29, 0.717) is 33.6 Å². The van der Waals surface area contributed by atoms with Crippen LogP contribution in [-0.2, 0) is 19.4 Å². The Labute approximate surface area is 206 Å². The minimum atomic E-state index is -0.557. The lowest BCUT2D eigenvalue weighted by atomic mass is 9.72. The average molecular weight is 500 g/mol. The van der Waals surface area contributed by atoms with E-state index >= 15 is 0 Å². The number of primary amides is 1. The lowest BCUT2D eigenvalue weighted by Gasteiger charge is -2.33. The highest BCUT2D eigenvalue weighted by atomic mass is 32.1. The number of fused-ring (bicyclic) bond motifs is 1. The van der Waals surface area contributed by atoms with E-state index in [1.165, 1.54) is 22.1 Å². The number of carbonyl (C=O) groups is 2. The third-order valence-corrected chi connectivity index (χ3v) is 7.85.